The van der Waals surface area contributed by atoms with Crippen LogP contribution in [0.25, 0.3) is 0 Å². The highest BCUT2D eigenvalue weighted by Gasteiger charge is 2.39. The molecule has 1 rings (SSSR count). The number of methoxy groups -OCH3 is 1. The molecule has 3 heteroatoms. The van der Waals surface area contributed by atoms with Gasteiger partial charge in [0.1, 0.15) is 0 Å². The average Bonchev–Trinajstić information content (AvgIpc) is 2.19. The van der Waals surface area contributed by atoms with Gasteiger partial charge in [0.25, 0.3) is 0 Å². The fraction of sp³-hybridized carbons (Fsp3) is 0.800. The number of ether oxygens (including phenoxy) is 2. The molecule has 0 radical (unpaired) electrons. The zero-order valence-electron chi connectivity index (χ0n) is 7.95. The van der Waals surface area contributed by atoms with Crippen LogP contribution in [-0.4, -0.2) is 37.1 Å². The molecular formula is C10H16O3. The van der Waals surface area contributed by atoms with Gasteiger partial charge in [0, 0.05) is 39.6 Å². The first kappa shape index (κ1) is 10.5. The highest BCUT2D eigenvalue weighted by Crippen LogP contribution is 2.29. The molecule has 1 fully saturated rings. The first-order valence-electron chi connectivity index (χ1n) is 4.49. The Balaban J connectivity index is 2.61. The van der Waals surface area contributed by atoms with E-state index >= 15 is 0 Å². The Hall–Kier alpha value is -0.560. The molecule has 0 saturated carbocycles. The van der Waals surface area contributed by atoms with E-state index in [1.807, 2.05) is 0 Å². The van der Waals surface area contributed by atoms with E-state index in [1.165, 1.54) is 0 Å². The predicted molar refractivity (Wildman–Crippen MR) is 49.2 cm³/mol. The molecule has 0 aromatic heterocycles. The van der Waals surface area contributed by atoms with Crippen molar-refractivity contribution in [1.82, 2.24) is 0 Å². The Labute approximate surface area is 79.0 Å². The summed E-state index contributed by atoms with van der Waals surface area (Å²) in [7, 11) is 1.62. The minimum atomic E-state index is -0.577. The van der Waals surface area contributed by atoms with Gasteiger partial charge in [0.15, 0.2) is 0 Å². The maximum absolute atomic E-state index is 9.80. The summed E-state index contributed by atoms with van der Waals surface area (Å²) in [6, 6.07) is 0. The third kappa shape index (κ3) is 2.22. The van der Waals surface area contributed by atoms with Crippen molar-refractivity contribution in [3.8, 4) is 12.3 Å². The van der Waals surface area contributed by atoms with Crippen molar-refractivity contribution in [2.75, 3.05) is 20.3 Å². The van der Waals surface area contributed by atoms with E-state index in [0.29, 0.717) is 32.5 Å². The molecule has 1 heterocycles. The molecule has 1 unspecified atom stereocenters. The molecule has 0 amide bonds. The second-order valence-electron chi connectivity index (χ2n) is 3.31. The van der Waals surface area contributed by atoms with Crippen LogP contribution in [0.2, 0.25) is 0 Å². The van der Waals surface area contributed by atoms with Crippen LogP contribution in [-0.2, 0) is 9.47 Å². The molecule has 3 nitrogen and oxygen atoms in total. The van der Waals surface area contributed by atoms with Gasteiger partial charge in [-0.3, -0.25) is 0 Å². The number of hydrogen-bond acceptors (Lipinski definition) is 3. The van der Waals surface area contributed by atoms with Gasteiger partial charge in [-0.2, -0.15) is 0 Å². The summed E-state index contributed by atoms with van der Waals surface area (Å²) in [4.78, 5) is 0. The fourth-order valence-electron chi connectivity index (χ4n) is 1.69. The zero-order chi connectivity index (χ0) is 9.73. The summed E-state index contributed by atoms with van der Waals surface area (Å²) >= 11 is 0. The van der Waals surface area contributed by atoms with Crippen LogP contribution < -0.4 is 0 Å². The Kier molecular flexibility index (Phi) is 3.73. The Morgan fingerprint density at radius 1 is 1.62 bits per heavy atom. The van der Waals surface area contributed by atoms with Gasteiger partial charge >= 0.3 is 0 Å². The number of hydrogen-bond donors (Lipinski definition) is 1. The van der Waals surface area contributed by atoms with E-state index in [-0.39, 0.29) is 0 Å². The van der Waals surface area contributed by atoms with E-state index in [9.17, 15) is 5.11 Å². The molecule has 0 aromatic rings. The largest absolute Gasteiger partial charge is 0.389 e. The minimum absolute atomic E-state index is 0.341. The lowest BCUT2D eigenvalue weighted by Crippen LogP contribution is -2.48. The van der Waals surface area contributed by atoms with Crippen LogP contribution in [0.1, 0.15) is 19.3 Å². The summed E-state index contributed by atoms with van der Waals surface area (Å²) < 4.78 is 10.6. The number of terminal acetylenes is 1. The van der Waals surface area contributed by atoms with Crippen molar-refractivity contribution in [3.05, 3.63) is 0 Å². The van der Waals surface area contributed by atoms with Crippen molar-refractivity contribution in [3.63, 3.8) is 0 Å². The molecule has 0 aliphatic carbocycles. The van der Waals surface area contributed by atoms with Gasteiger partial charge in [-0.25, -0.2) is 0 Å². The summed E-state index contributed by atoms with van der Waals surface area (Å²) in [5.41, 5.74) is -0.482. The third-order valence-corrected chi connectivity index (χ3v) is 2.66. The SMILES string of the molecule is C#CCC(O)C1(OC)CCOCC1. The summed E-state index contributed by atoms with van der Waals surface area (Å²) in [6.07, 6.45) is 6.35. The molecule has 0 aromatic carbocycles. The molecule has 13 heavy (non-hydrogen) atoms. The van der Waals surface area contributed by atoms with Crippen molar-refractivity contribution < 1.29 is 14.6 Å². The Bertz CT molecular complexity index is 189. The smallest absolute Gasteiger partial charge is 0.0989 e. The average molecular weight is 184 g/mol. The molecule has 0 bridgehead atoms. The van der Waals surface area contributed by atoms with Crippen LogP contribution in [0.15, 0.2) is 0 Å². The van der Waals surface area contributed by atoms with Crippen molar-refractivity contribution in [2.24, 2.45) is 0 Å². The van der Waals surface area contributed by atoms with Gasteiger partial charge in [0.05, 0.1) is 11.7 Å². The van der Waals surface area contributed by atoms with Gasteiger partial charge in [-0.05, 0) is 0 Å². The molecule has 1 atom stereocenters. The van der Waals surface area contributed by atoms with Crippen LogP contribution >= 0.6 is 0 Å². The minimum Gasteiger partial charge on any atom is -0.389 e. The predicted octanol–water partition coefficient (Wildman–Crippen LogP) is 0.566. The lowest BCUT2D eigenvalue weighted by molar-refractivity contribution is -0.150. The van der Waals surface area contributed by atoms with Crippen molar-refractivity contribution in [2.45, 2.75) is 31.0 Å². The van der Waals surface area contributed by atoms with Crippen LogP contribution in [0.5, 0.6) is 0 Å². The van der Waals surface area contributed by atoms with Crippen LogP contribution in [0.4, 0.5) is 0 Å². The summed E-state index contributed by atoms with van der Waals surface area (Å²) in [6.45, 7) is 1.27. The van der Waals surface area contributed by atoms with E-state index in [2.05, 4.69) is 5.92 Å². The maximum Gasteiger partial charge on any atom is 0.0989 e. The standard InChI is InChI=1S/C10H16O3/c1-3-4-9(11)10(12-2)5-7-13-8-6-10/h1,9,11H,4-8H2,2H3. The molecular weight excluding hydrogens is 168 g/mol. The molecule has 1 aliphatic heterocycles. The zero-order valence-corrected chi connectivity index (χ0v) is 7.95. The van der Waals surface area contributed by atoms with Crippen LogP contribution in [0, 0.1) is 12.3 Å². The lowest BCUT2D eigenvalue weighted by Gasteiger charge is -2.39. The number of aliphatic hydroxyl groups is 1. The van der Waals surface area contributed by atoms with Gasteiger partial charge < -0.3 is 14.6 Å². The van der Waals surface area contributed by atoms with E-state index in [1.54, 1.807) is 7.11 Å². The van der Waals surface area contributed by atoms with E-state index in [0.717, 1.165) is 0 Å². The number of aliphatic hydroxyl groups excluding tert-OH is 1. The Morgan fingerprint density at radius 2 is 2.23 bits per heavy atom. The van der Waals surface area contributed by atoms with Gasteiger partial charge in [0.2, 0.25) is 0 Å². The van der Waals surface area contributed by atoms with E-state index in [4.69, 9.17) is 15.9 Å². The maximum atomic E-state index is 9.80. The quantitative estimate of drug-likeness (QED) is 0.652. The lowest BCUT2D eigenvalue weighted by atomic mass is 9.86. The molecule has 0 spiro atoms. The first-order chi connectivity index (χ1) is 6.25. The van der Waals surface area contributed by atoms with Crippen LogP contribution in [0.3, 0.4) is 0 Å². The highest BCUT2D eigenvalue weighted by atomic mass is 16.5. The second kappa shape index (κ2) is 4.61. The monoisotopic (exact) mass is 184 g/mol. The summed E-state index contributed by atoms with van der Waals surface area (Å²) in [5, 5.41) is 9.80. The molecule has 1 aliphatic rings. The van der Waals surface area contributed by atoms with E-state index < -0.39 is 11.7 Å². The van der Waals surface area contributed by atoms with Gasteiger partial charge in [-0.15, -0.1) is 12.3 Å². The molecule has 1 saturated heterocycles. The normalized spacial score (nSPS) is 23.5. The topological polar surface area (TPSA) is 38.7 Å². The summed E-state index contributed by atoms with van der Waals surface area (Å²) in [5.74, 6) is 2.45. The number of rotatable bonds is 3. The van der Waals surface area contributed by atoms with Gasteiger partial charge in [-0.1, -0.05) is 0 Å². The third-order valence-electron chi connectivity index (χ3n) is 2.66. The molecule has 1 N–H and O–H groups in total. The van der Waals surface area contributed by atoms with Crippen molar-refractivity contribution in [1.29, 1.82) is 0 Å². The second-order valence-corrected chi connectivity index (χ2v) is 3.31. The molecule has 74 valence electrons. The first-order valence-corrected chi connectivity index (χ1v) is 4.49. The highest BCUT2D eigenvalue weighted by molar-refractivity contribution is 4.97. The Morgan fingerprint density at radius 3 is 2.69 bits per heavy atom. The van der Waals surface area contributed by atoms with Crippen molar-refractivity contribution >= 4 is 0 Å². The fourth-order valence-corrected chi connectivity index (χ4v) is 1.69.